The summed E-state index contributed by atoms with van der Waals surface area (Å²) in [4.78, 5) is 18.8. The maximum absolute atomic E-state index is 12.4. The van der Waals surface area contributed by atoms with E-state index in [-0.39, 0.29) is 5.60 Å². The van der Waals surface area contributed by atoms with Crippen molar-refractivity contribution in [2.45, 2.75) is 71.0 Å². The Morgan fingerprint density at radius 3 is 2.85 bits per heavy atom. The highest BCUT2D eigenvalue weighted by molar-refractivity contribution is 5.76. The van der Waals surface area contributed by atoms with Crippen LogP contribution >= 0.6 is 0 Å². The van der Waals surface area contributed by atoms with Gasteiger partial charge in [-0.3, -0.25) is 4.79 Å². The molecule has 0 aromatic carbocycles. The van der Waals surface area contributed by atoms with Gasteiger partial charge in [0, 0.05) is 39.6 Å². The van der Waals surface area contributed by atoms with Crippen molar-refractivity contribution in [1.82, 2.24) is 15.0 Å². The number of methoxy groups -OCH3 is 1. The first-order valence-electron chi connectivity index (χ1n) is 10.2. The molecular formula is C20H33N3O4. The zero-order chi connectivity index (χ0) is 19.3. The summed E-state index contributed by atoms with van der Waals surface area (Å²) in [5, 5.41) is 4.07. The lowest BCUT2D eigenvalue weighted by molar-refractivity contribution is -0.147. The molecule has 1 aromatic heterocycles. The average molecular weight is 380 g/mol. The Hall–Kier alpha value is -1.47. The van der Waals surface area contributed by atoms with Crippen molar-refractivity contribution < 1.29 is 18.8 Å². The summed E-state index contributed by atoms with van der Waals surface area (Å²) in [5.74, 6) is 2.65. The van der Waals surface area contributed by atoms with Crippen molar-refractivity contribution in [3.63, 3.8) is 0 Å². The lowest BCUT2D eigenvalue weighted by Gasteiger charge is -2.46. The molecule has 7 nitrogen and oxygen atoms in total. The monoisotopic (exact) mass is 379 g/mol. The normalized spacial score (nSPS) is 22.5. The van der Waals surface area contributed by atoms with Gasteiger partial charge in [0.25, 0.3) is 5.89 Å². The molecule has 0 radical (unpaired) electrons. The van der Waals surface area contributed by atoms with E-state index in [2.05, 4.69) is 24.0 Å². The second-order valence-corrected chi connectivity index (χ2v) is 8.45. The molecule has 7 heteroatoms. The molecule has 2 aliphatic heterocycles. The molecule has 2 fully saturated rings. The fraction of sp³-hybridized carbons (Fsp3) is 0.850. The quantitative estimate of drug-likeness (QED) is 0.725. The molecule has 2 aliphatic rings. The van der Waals surface area contributed by atoms with Gasteiger partial charge in [-0.2, -0.15) is 4.98 Å². The Labute approximate surface area is 161 Å². The molecular weight excluding hydrogens is 346 g/mol. The Morgan fingerprint density at radius 1 is 1.37 bits per heavy atom. The summed E-state index contributed by atoms with van der Waals surface area (Å²) in [6.45, 7) is 7.07. The number of amides is 1. The van der Waals surface area contributed by atoms with Crippen molar-refractivity contribution in [3.05, 3.63) is 11.7 Å². The smallest absolute Gasteiger partial charge is 0.252 e. The van der Waals surface area contributed by atoms with Gasteiger partial charge >= 0.3 is 0 Å². The fourth-order valence-electron chi connectivity index (χ4n) is 4.20. The van der Waals surface area contributed by atoms with Gasteiger partial charge in [0.05, 0.1) is 5.60 Å². The van der Waals surface area contributed by atoms with Crippen LogP contribution in [0.5, 0.6) is 0 Å². The summed E-state index contributed by atoms with van der Waals surface area (Å²) in [5.41, 5.74) is -0.0865. The number of nitrogens with zero attached hydrogens (tertiary/aromatic N) is 3. The molecule has 0 saturated carbocycles. The van der Waals surface area contributed by atoms with Crippen LogP contribution in [0.2, 0.25) is 0 Å². The maximum Gasteiger partial charge on any atom is 0.252 e. The van der Waals surface area contributed by atoms with Gasteiger partial charge in [0.1, 0.15) is 6.61 Å². The summed E-state index contributed by atoms with van der Waals surface area (Å²) in [7, 11) is 1.62. The third-order valence-corrected chi connectivity index (χ3v) is 5.81. The van der Waals surface area contributed by atoms with Crippen LogP contribution < -0.4 is 0 Å². The first-order chi connectivity index (χ1) is 13.0. The van der Waals surface area contributed by atoms with E-state index >= 15 is 0 Å². The summed E-state index contributed by atoms with van der Waals surface area (Å²) >= 11 is 0. The van der Waals surface area contributed by atoms with Crippen LogP contribution in [0.4, 0.5) is 0 Å². The van der Waals surface area contributed by atoms with Crippen molar-refractivity contribution >= 4 is 5.91 Å². The van der Waals surface area contributed by atoms with Crippen LogP contribution in [0, 0.1) is 11.8 Å². The van der Waals surface area contributed by atoms with Crippen LogP contribution in [0.25, 0.3) is 0 Å². The number of piperidine rings is 1. The highest BCUT2D eigenvalue weighted by Gasteiger charge is 2.41. The van der Waals surface area contributed by atoms with E-state index in [0.29, 0.717) is 36.7 Å². The molecule has 152 valence electrons. The third kappa shape index (κ3) is 5.51. The van der Waals surface area contributed by atoms with Gasteiger partial charge < -0.3 is 18.9 Å². The Bertz CT molecular complexity index is 608. The molecule has 1 unspecified atom stereocenters. The van der Waals surface area contributed by atoms with E-state index < -0.39 is 0 Å². The Balaban J connectivity index is 1.49. The van der Waals surface area contributed by atoms with Gasteiger partial charge in [0.15, 0.2) is 5.82 Å². The van der Waals surface area contributed by atoms with Crippen LogP contribution in [0.1, 0.15) is 64.1 Å². The minimum atomic E-state index is -0.0865. The number of hydrogen-bond acceptors (Lipinski definition) is 6. The number of rotatable bonds is 7. The number of carbonyl (C=O) groups excluding carboxylic acids is 1. The van der Waals surface area contributed by atoms with E-state index in [1.165, 1.54) is 0 Å². The van der Waals surface area contributed by atoms with Gasteiger partial charge in [-0.1, -0.05) is 19.0 Å². The summed E-state index contributed by atoms with van der Waals surface area (Å²) in [6.07, 6.45) is 6.33. The Morgan fingerprint density at radius 2 is 2.15 bits per heavy atom. The Kier molecular flexibility index (Phi) is 6.87. The number of hydrogen-bond donors (Lipinski definition) is 0. The SMILES string of the molecule is COCc1nc(CC2CCOC3(CCN(C(=O)CCC(C)C)CC3)C2)no1. The molecule has 27 heavy (non-hydrogen) atoms. The molecule has 2 saturated heterocycles. The molecule has 0 N–H and O–H groups in total. The van der Waals surface area contributed by atoms with E-state index in [0.717, 1.165) is 64.0 Å². The minimum absolute atomic E-state index is 0.0865. The predicted octanol–water partition coefficient (Wildman–Crippen LogP) is 2.98. The molecule has 0 bridgehead atoms. The fourth-order valence-corrected chi connectivity index (χ4v) is 4.20. The van der Waals surface area contributed by atoms with Crippen LogP contribution in [0.3, 0.4) is 0 Å². The molecule has 0 aliphatic carbocycles. The van der Waals surface area contributed by atoms with Crippen LogP contribution in [0.15, 0.2) is 4.52 Å². The first kappa shape index (κ1) is 20.3. The zero-order valence-corrected chi connectivity index (χ0v) is 16.9. The second-order valence-electron chi connectivity index (χ2n) is 8.45. The van der Waals surface area contributed by atoms with Gasteiger partial charge in [-0.25, -0.2) is 0 Å². The van der Waals surface area contributed by atoms with E-state index in [1.807, 2.05) is 4.90 Å². The highest BCUT2D eigenvalue weighted by Crippen LogP contribution is 2.38. The summed E-state index contributed by atoms with van der Waals surface area (Å²) < 4.78 is 16.5. The van der Waals surface area contributed by atoms with Crippen LogP contribution in [-0.2, 0) is 27.3 Å². The standard InChI is InChI=1S/C20H33N3O4/c1-15(2)4-5-19(24)23-9-7-20(8-10-23)13-16(6-11-26-20)12-17-21-18(14-25-3)27-22-17/h15-16H,4-14H2,1-3H3. The molecule has 1 aromatic rings. The van der Waals surface area contributed by atoms with Gasteiger partial charge in [0.2, 0.25) is 5.91 Å². The highest BCUT2D eigenvalue weighted by atomic mass is 16.5. The predicted molar refractivity (Wildman–Crippen MR) is 100 cm³/mol. The van der Waals surface area contributed by atoms with Gasteiger partial charge in [-0.15, -0.1) is 0 Å². The maximum atomic E-state index is 12.4. The van der Waals surface area contributed by atoms with Crippen molar-refractivity contribution in [3.8, 4) is 0 Å². The van der Waals surface area contributed by atoms with Crippen molar-refractivity contribution in [2.24, 2.45) is 11.8 Å². The summed E-state index contributed by atoms with van der Waals surface area (Å²) in [6, 6.07) is 0. The van der Waals surface area contributed by atoms with E-state index in [9.17, 15) is 4.79 Å². The molecule has 3 heterocycles. The van der Waals surface area contributed by atoms with Crippen molar-refractivity contribution in [2.75, 3.05) is 26.8 Å². The topological polar surface area (TPSA) is 77.7 Å². The molecule has 1 atom stereocenters. The molecule has 1 spiro atoms. The largest absolute Gasteiger partial charge is 0.375 e. The minimum Gasteiger partial charge on any atom is -0.375 e. The zero-order valence-electron chi connectivity index (χ0n) is 16.9. The second kappa shape index (κ2) is 9.15. The number of aromatic nitrogens is 2. The number of likely N-dealkylation sites (tertiary alicyclic amines) is 1. The van der Waals surface area contributed by atoms with Gasteiger partial charge in [-0.05, 0) is 43.9 Å². The number of ether oxygens (including phenoxy) is 2. The third-order valence-electron chi connectivity index (χ3n) is 5.81. The van der Waals surface area contributed by atoms with Crippen molar-refractivity contribution in [1.29, 1.82) is 0 Å². The van der Waals surface area contributed by atoms with Crippen LogP contribution in [-0.4, -0.2) is 53.4 Å². The van der Waals surface area contributed by atoms with E-state index in [1.54, 1.807) is 7.11 Å². The number of carbonyl (C=O) groups is 1. The first-order valence-corrected chi connectivity index (χ1v) is 10.2. The lowest BCUT2D eigenvalue weighted by atomic mass is 9.78. The van der Waals surface area contributed by atoms with E-state index in [4.69, 9.17) is 14.0 Å². The molecule has 1 amide bonds. The average Bonchev–Trinajstić information content (AvgIpc) is 3.08. The lowest BCUT2D eigenvalue weighted by Crippen LogP contribution is -2.51. The molecule has 3 rings (SSSR count).